The van der Waals surface area contributed by atoms with Crippen molar-refractivity contribution in [1.82, 2.24) is 4.98 Å². The van der Waals surface area contributed by atoms with Gasteiger partial charge in [0, 0.05) is 0 Å². The number of nitrogens with zero attached hydrogens (tertiary/aromatic N) is 1. The molecule has 3 rings (SSSR count). The van der Waals surface area contributed by atoms with Crippen LogP contribution in [0.25, 0.3) is 21.3 Å². The predicted octanol–water partition coefficient (Wildman–Crippen LogP) is 3.79. The highest BCUT2D eigenvalue weighted by Crippen LogP contribution is 2.41. The summed E-state index contributed by atoms with van der Waals surface area (Å²) in [5.74, 6) is 1.86. The number of fused-ring (bicyclic) bond motifs is 1. The molecule has 0 atom stereocenters. The lowest BCUT2D eigenvalue weighted by Crippen LogP contribution is -1.95. The molecule has 0 aliphatic heterocycles. The van der Waals surface area contributed by atoms with Crippen LogP contribution in [0, 0.1) is 5.51 Å². The van der Waals surface area contributed by atoms with Crippen molar-refractivity contribution in [2.45, 2.75) is 0 Å². The van der Waals surface area contributed by atoms with Crippen LogP contribution in [0.15, 0.2) is 30.3 Å². The second-order valence-electron chi connectivity index (χ2n) is 4.40. The molecule has 0 unspecified atom stereocenters. The molecule has 0 spiro atoms. The third-order valence-corrected chi connectivity index (χ3v) is 4.03. The van der Waals surface area contributed by atoms with Crippen molar-refractivity contribution in [3.05, 3.63) is 35.8 Å². The largest absolute Gasteiger partial charge is 0.493 e. The van der Waals surface area contributed by atoms with Crippen LogP contribution in [0.1, 0.15) is 0 Å². The minimum Gasteiger partial charge on any atom is -0.493 e. The van der Waals surface area contributed by atoms with Gasteiger partial charge in [0.15, 0.2) is 17.0 Å². The smallest absolute Gasteiger partial charge is 0.203 e. The number of hydrogen-bond donors (Lipinski definition) is 0. The Hall–Kier alpha value is -2.27. The van der Waals surface area contributed by atoms with E-state index in [1.165, 1.54) is 11.3 Å². The van der Waals surface area contributed by atoms with Crippen LogP contribution < -0.4 is 14.2 Å². The fraction of sp³-hybridized carbons (Fsp3) is 0.188. The van der Waals surface area contributed by atoms with Crippen molar-refractivity contribution in [3.8, 4) is 28.4 Å². The van der Waals surface area contributed by atoms with Crippen molar-refractivity contribution in [2.75, 3.05) is 21.3 Å². The van der Waals surface area contributed by atoms with Crippen LogP contribution in [-0.2, 0) is 0 Å². The monoisotopic (exact) mass is 300 g/mol. The van der Waals surface area contributed by atoms with E-state index in [9.17, 15) is 0 Å². The van der Waals surface area contributed by atoms with Crippen molar-refractivity contribution in [2.24, 2.45) is 0 Å². The molecular formula is C16H14NO3S. The third kappa shape index (κ3) is 2.40. The first-order chi connectivity index (χ1) is 10.3. The van der Waals surface area contributed by atoms with E-state index in [2.05, 4.69) is 16.6 Å². The van der Waals surface area contributed by atoms with Gasteiger partial charge in [-0.15, -0.1) is 11.3 Å². The van der Waals surface area contributed by atoms with Gasteiger partial charge in [0.25, 0.3) is 0 Å². The van der Waals surface area contributed by atoms with Crippen molar-refractivity contribution >= 4 is 21.6 Å². The van der Waals surface area contributed by atoms with Gasteiger partial charge in [-0.25, -0.2) is 4.98 Å². The molecule has 2 aromatic carbocycles. The molecule has 1 heterocycles. The van der Waals surface area contributed by atoms with E-state index < -0.39 is 0 Å². The quantitative estimate of drug-likeness (QED) is 0.735. The molecule has 5 heteroatoms. The van der Waals surface area contributed by atoms with Crippen molar-refractivity contribution in [3.63, 3.8) is 0 Å². The van der Waals surface area contributed by atoms with Crippen molar-refractivity contribution in [1.29, 1.82) is 0 Å². The maximum absolute atomic E-state index is 5.39. The Morgan fingerprint density at radius 2 is 1.62 bits per heavy atom. The summed E-state index contributed by atoms with van der Waals surface area (Å²) in [6.45, 7) is 0. The predicted molar refractivity (Wildman–Crippen MR) is 83.5 cm³/mol. The molecule has 3 aromatic rings. The van der Waals surface area contributed by atoms with Gasteiger partial charge in [-0.2, -0.15) is 0 Å². The summed E-state index contributed by atoms with van der Waals surface area (Å²) in [7, 11) is 4.82. The Labute approximate surface area is 126 Å². The summed E-state index contributed by atoms with van der Waals surface area (Å²) < 4.78 is 17.2. The molecule has 0 aliphatic rings. The molecule has 1 radical (unpaired) electrons. The van der Waals surface area contributed by atoms with Gasteiger partial charge in [-0.05, 0) is 35.4 Å². The fourth-order valence-electron chi connectivity index (χ4n) is 2.24. The summed E-state index contributed by atoms with van der Waals surface area (Å²) in [5, 5.41) is 0. The molecule has 0 amide bonds. The number of thiazole rings is 1. The highest BCUT2D eigenvalue weighted by molar-refractivity contribution is 7.16. The highest BCUT2D eigenvalue weighted by Gasteiger charge is 2.14. The van der Waals surface area contributed by atoms with Gasteiger partial charge in [0.05, 0.1) is 31.5 Å². The van der Waals surface area contributed by atoms with E-state index in [0.717, 1.165) is 21.3 Å². The molecule has 1 aromatic heterocycles. The molecule has 0 bridgehead atoms. The maximum Gasteiger partial charge on any atom is 0.203 e. The lowest BCUT2D eigenvalue weighted by Gasteiger charge is -2.14. The summed E-state index contributed by atoms with van der Waals surface area (Å²) in [4.78, 5) is 4.23. The lowest BCUT2D eigenvalue weighted by molar-refractivity contribution is 0.324. The van der Waals surface area contributed by atoms with Crippen LogP contribution in [0.3, 0.4) is 0 Å². The SMILES string of the molecule is COc1cc(-c2ccc3s[c]nc3c2)cc(OC)c1OC. The van der Waals surface area contributed by atoms with E-state index in [1.807, 2.05) is 24.3 Å². The molecule has 0 aliphatic carbocycles. The Morgan fingerprint density at radius 1 is 0.905 bits per heavy atom. The average molecular weight is 300 g/mol. The van der Waals surface area contributed by atoms with E-state index in [4.69, 9.17) is 14.2 Å². The van der Waals surface area contributed by atoms with Crippen LogP contribution >= 0.6 is 11.3 Å². The number of rotatable bonds is 4. The Bertz CT molecular complexity index is 757. The van der Waals surface area contributed by atoms with E-state index in [-0.39, 0.29) is 0 Å². The van der Waals surface area contributed by atoms with E-state index >= 15 is 0 Å². The average Bonchev–Trinajstić information content (AvgIpc) is 3.00. The number of aromatic nitrogens is 1. The van der Waals surface area contributed by atoms with Gasteiger partial charge in [0.2, 0.25) is 5.75 Å². The zero-order valence-electron chi connectivity index (χ0n) is 12.0. The molecule has 4 nitrogen and oxygen atoms in total. The molecular weight excluding hydrogens is 286 g/mol. The van der Waals surface area contributed by atoms with Crippen LogP contribution in [0.2, 0.25) is 0 Å². The second-order valence-corrected chi connectivity index (χ2v) is 5.23. The molecule has 0 saturated heterocycles. The zero-order valence-corrected chi connectivity index (χ0v) is 12.8. The molecule has 107 valence electrons. The van der Waals surface area contributed by atoms with Gasteiger partial charge in [-0.3, -0.25) is 0 Å². The number of benzene rings is 2. The fourth-order valence-corrected chi connectivity index (χ4v) is 2.83. The molecule has 21 heavy (non-hydrogen) atoms. The van der Waals surface area contributed by atoms with Gasteiger partial charge >= 0.3 is 0 Å². The second kappa shape index (κ2) is 5.61. The Balaban J connectivity index is 2.16. The minimum absolute atomic E-state index is 0.590. The first-order valence-electron chi connectivity index (χ1n) is 6.34. The van der Waals surface area contributed by atoms with E-state index in [0.29, 0.717) is 17.2 Å². The number of ether oxygens (including phenoxy) is 3. The summed E-state index contributed by atoms with van der Waals surface area (Å²) in [5.41, 5.74) is 5.87. The van der Waals surface area contributed by atoms with Crippen LogP contribution in [0.4, 0.5) is 0 Å². The Morgan fingerprint density at radius 3 is 2.24 bits per heavy atom. The van der Waals surface area contributed by atoms with E-state index in [1.54, 1.807) is 21.3 Å². The van der Waals surface area contributed by atoms with Crippen LogP contribution in [-0.4, -0.2) is 26.3 Å². The molecule has 0 fully saturated rings. The van der Waals surface area contributed by atoms with Crippen LogP contribution in [0.5, 0.6) is 17.2 Å². The lowest BCUT2D eigenvalue weighted by atomic mass is 10.0. The minimum atomic E-state index is 0.590. The van der Waals surface area contributed by atoms with Crippen molar-refractivity contribution < 1.29 is 14.2 Å². The van der Waals surface area contributed by atoms with Gasteiger partial charge < -0.3 is 14.2 Å². The first kappa shape index (κ1) is 13.7. The first-order valence-corrected chi connectivity index (χ1v) is 7.15. The molecule has 0 saturated carbocycles. The summed E-state index contributed by atoms with van der Waals surface area (Å²) in [6.07, 6.45) is 0. The highest BCUT2D eigenvalue weighted by atomic mass is 32.1. The topological polar surface area (TPSA) is 40.6 Å². The third-order valence-electron chi connectivity index (χ3n) is 3.28. The summed E-state index contributed by atoms with van der Waals surface area (Å²) >= 11 is 1.51. The summed E-state index contributed by atoms with van der Waals surface area (Å²) in [6, 6.07) is 9.98. The van der Waals surface area contributed by atoms with Gasteiger partial charge in [-0.1, -0.05) is 6.07 Å². The zero-order chi connectivity index (χ0) is 14.8. The normalized spacial score (nSPS) is 10.6. The van der Waals surface area contributed by atoms with Gasteiger partial charge in [0.1, 0.15) is 0 Å². The number of methoxy groups -OCH3 is 3. The maximum atomic E-state index is 5.39. The standard InChI is InChI=1S/C16H14NO3S/c1-18-13-7-11(8-14(19-2)16(13)20-3)10-4-5-15-12(6-10)17-9-21-15/h4-8H,1-3H3. The Kier molecular flexibility index (Phi) is 3.66. The number of hydrogen-bond acceptors (Lipinski definition) is 5. The molecule has 0 N–H and O–H groups in total.